The summed E-state index contributed by atoms with van der Waals surface area (Å²) >= 11 is 0. The molecule has 0 aromatic heterocycles. The zero-order chi connectivity index (χ0) is 22.4. The standard InChI is InChI=1S/C31H53N/c1-3-5-7-8-9-12-24-13-11-14-28-26(24)17-18-29-27-19-21-31(23-32,20-10-6-4-2)22-25(27)15-16-30(28)29/h24-30H,3-22H2,1-2H3. The lowest BCUT2D eigenvalue weighted by Gasteiger charge is -2.57. The highest BCUT2D eigenvalue weighted by atomic mass is 14.6. The second kappa shape index (κ2) is 11.8. The fraction of sp³-hybridized carbons (Fsp3) is 0.968. The minimum atomic E-state index is 0.0358. The molecule has 4 aliphatic rings. The van der Waals surface area contributed by atoms with Crippen LogP contribution in [-0.4, -0.2) is 0 Å². The molecular weight excluding hydrogens is 386 g/mol. The van der Waals surface area contributed by atoms with Crippen molar-refractivity contribution in [3.63, 3.8) is 0 Å². The molecule has 0 aromatic rings. The summed E-state index contributed by atoms with van der Waals surface area (Å²) in [7, 11) is 0. The fourth-order valence-electron chi connectivity index (χ4n) is 9.44. The van der Waals surface area contributed by atoms with Crippen LogP contribution in [0, 0.1) is 58.2 Å². The Labute approximate surface area is 200 Å². The molecule has 0 saturated heterocycles. The summed E-state index contributed by atoms with van der Waals surface area (Å²) in [5.74, 6) is 7.11. The number of unbranched alkanes of at least 4 members (excludes halogenated alkanes) is 6. The van der Waals surface area contributed by atoms with Crippen molar-refractivity contribution in [3.8, 4) is 6.07 Å². The maximum Gasteiger partial charge on any atom is 0.0689 e. The molecule has 0 bridgehead atoms. The van der Waals surface area contributed by atoms with Gasteiger partial charge in [0.05, 0.1) is 11.5 Å². The molecule has 0 spiro atoms. The Morgan fingerprint density at radius 1 is 0.688 bits per heavy atom. The molecule has 4 fully saturated rings. The summed E-state index contributed by atoms with van der Waals surface area (Å²) in [6.45, 7) is 4.62. The molecule has 1 nitrogen and oxygen atoms in total. The summed E-state index contributed by atoms with van der Waals surface area (Å²) < 4.78 is 0. The lowest BCUT2D eigenvalue weighted by Crippen LogP contribution is -2.49. The first-order valence-electron chi connectivity index (χ1n) is 15.1. The monoisotopic (exact) mass is 439 g/mol. The van der Waals surface area contributed by atoms with E-state index in [9.17, 15) is 5.26 Å². The van der Waals surface area contributed by atoms with Crippen LogP contribution in [-0.2, 0) is 0 Å². The van der Waals surface area contributed by atoms with E-state index in [4.69, 9.17) is 0 Å². The zero-order valence-corrected chi connectivity index (χ0v) is 21.6. The van der Waals surface area contributed by atoms with E-state index in [2.05, 4.69) is 19.9 Å². The summed E-state index contributed by atoms with van der Waals surface area (Å²) in [6, 6.07) is 2.86. The van der Waals surface area contributed by atoms with Crippen LogP contribution in [0.4, 0.5) is 0 Å². The molecule has 182 valence electrons. The Kier molecular flexibility index (Phi) is 9.04. The van der Waals surface area contributed by atoms with Gasteiger partial charge in [0.25, 0.3) is 0 Å². The van der Waals surface area contributed by atoms with Gasteiger partial charge in [0.1, 0.15) is 0 Å². The maximum atomic E-state index is 10.1. The molecule has 8 atom stereocenters. The average molecular weight is 440 g/mol. The molecule has 0 aliphatic heterocycles. The normalized spacial score (nSPS) is 41.2. The minimum Gasteiger partial charge on any atom is -0.198 e. The van der Waals surface area contributed by atoms with Gasteiger partial charge in [-0.2, -0.15) is 5.26 Å². The molecule has 0 heterocycles. The molecule has 8 unspecified atom stereocenters. The molecule has 0 amide bonds. The number of fused-ring (bicyclic) bond motifs is 5. The number of nitrogens with zero attached hydrogens (tertiary/aromatic N) is 1. The van der Waals surface area contributed by atoms with Crippen LogP contribution < -0.4 is 0 Å². The topological polar surface area (TPSA) is 23.8 Å². The number of hydrogen-bond donors (Lipinski definition) is 0. The average Bonchev–Trinajstić information content (AvgIpc) is 2.83. The Morgan fingerprint density at radius 3 is 2.19 bits per heavy atom. The van der Waals surface area contributed by atoms with Gasteiger partial charge in [0, 0.05) is 0 Å². The van der Waals surface area contributed by atoms with Crippen molar-refractivity contribution in [2.45, 2.75) is 142 Å². The summed E-state index contributed by atoms with van der Waals surface area (Å²) in [6.07, 6.45) is 28.3. The summed E-state index contributed by atoms with van der Waals surface area (Å²) in [4.78, 5) is 0. The van der Waals surface area contributed by atoms with E-state index in [1.54, 1.807) is 19.3 Å². The Balaban J connectivity index is 1.33. The van der Waals surface area contributed by atoms with Crippen molar-refractivity contribution < 1.29 is 0 Å². The third kappa shape index (κ3) is 5.41. The molecule has 0 N–H and O–H groups in total. The van der Waals surface area contributed by atoms with Crippen molar-refractivity contribution in [1.82, 2.24) is 0 Å². The van der Waals surface area contributed by atoms with Crippen LogP contribution in [0.15, 0.2) is 0 Å². The zero-order valence-electron chi connectivity index (χ0n) is 21.6. The predicted molar refractivity (Wildman–Crippen MR) is 136 cm³/mol. The van der Waals surface area contributed by atoms with E-state index in [0.717, 1.165) is 41.4 Å². The van der Waals surface area contributed by atoms with E-state index in [0.29, 0.717) is 0 Å². The van der Waals surface area contributed by atoms with E-state index in [-0.39, 0.29) is 5.41 Å². The molecule has 0 radical (unpaired) electrons. The fourth-order valence-corrected chi connectivity index (χ4v) is 9.44. The van der Waals surface area contributed by atoms with Crippen LogP contribution in [0.25, 0.3) is 0 Å². The van der Waals surface area contributed by atoms with Crippen LogP contribution >= 0.6 is 0 Å². The third-order valence-corrected chi connectivity index (χ3v) is 11.0. The van der Waals surface area contributed by atoms with E-state index in [1.165, 1.54) is 109 Å². The van der Waals surface area contributed by atoms with Crippen LogP contribution in [0.5, 0.6) is 0 Å². The van der Waals surface area contributed by atoms with Crippen molar-refractivity contribution in [2.24, 2.45) is 46.8 Å². The van der Waals surface area contributed by atoms with Gasteiger partial charge in [0.2, 0.25) is 0 Å². The molecule has 4 saturated carbocycles. The van der Waals surface area contributed by atoms with Crippen LogP contribution in [0.3, 0.4) is 0 Å². The van der Waals surface area contributed by atoms with E-state index in [1.807, 2.05) is 0 Å². The largest absolute Gasteiger partial charge is 0.198 e. The molecule has 4 rings (SSSR count). The molecule has 32 heavy (non-hydrogen) atoms. The lowest BCUT2D eigenvalue weighted by atomic mass is 9.48. The Hall–Kier alpha value is -0.510. The van der Waals surface area contributed by atoms with E-state index < -0.39 is 0 Å². The molecule has 1 heteroatoms. The number of hydrogen-bond acceptors (Lipinski definition) is 1. The van der Waals surface area contributed by atoms with Crippen molar-refractivity contribution in [2.75, 3.05) is 0 Å². The van der Waals surface area contributed by atoms with E-state index >= 15 is 0 Å². The molecule has 0 aromatic carbocycles. The number of nitriles is 1. The second-order valence-electron chi connectivity index (χ2n) is 12.7. The van der Waals surface area contributed by atoms with Crippen molar-refractivity contribution in [3.05, 3.63) is 0 Å². The van der Waals surface area contributed by atoms with Gasteiger partial charge in [-0.15, -0.1) is 0 Å². The number of rotatable bonds is 10. The van der Waals surface area contributed by atoms with Gasteiger partial charge in [-0.1, -0.05) is 84.5 Å². The van der Waals surface area contributed by atoms with Gasteiger partial charge in [-0.3, -0.25) is 0 Å². The summed E-state index contributed by atoms with van der Waals surface area (Å²) in [5, 5.41) is 10.1. The Morgan fingerprint density at radius 2 is 1.38 bits per heavy atom. The van der Waals surface area contributed by atoms with Gasteiger partial charge >= 0.3 is 0 Å². The van der Waals surface area contributed by atoms with Crippen LogP contribution in [0.2, 0.25) is 0 Å². The Bertz CT molecular complexity index is 604. The quantitative estimate of drug-likeness (QED) is 0.311. The summed E-state index contributed by atoms with van der Waals surface area (Å²) in [5.41, 5.74) is 0.0358. The van der Waals surface area contributed by atoms with Crippen LogP contribution in [0.1, 0.15) is 142 Å². The third-order valence-electron chi connectivity index (χ3n) is 11.0. The smallest absolute Gasteiger partial charge is 0.0689 e. The highest BCUT2D eigenvalue weighted by molar-refractivity contribution is 5.07. The molecule has 4 aliphatic carbocycles. The van der Waals surface area contributed by atoms with Gasteiger partial charge in [0.15, 0.2) is 0 Å². The van der Waals surface area contributed by atoms with Crippen molar-refractivity contribution in [1.29, 1.82) is 5.26 Å². The highest BCUT2D eigenvalue weighted by Crippen LogP contribution is 2.60. The molecular formula is C31H53N. The first-order valence-corrected chi connectivity index (χ1v) is 15.1. The SMILES string of the molecule is CCCCCCCC1CCCC2C1CCC1C3CCC(C#N)(CCCCC)CC3CCC21. The maximum absolute atomic E-state index is 10.1. The second-order valence-corrected chi connectivity index (χ2v) is 12.7. The van der Waals surface area contributed by atoms with Gasteiger partial charge in [-0.05, 0) is 99.2 Å². The van der Waals surface area contributed by atoms with Gasteiger partial charge < -0.3 is 0 Å². The highest BCUT2D eigenvalue weighted by Gasteiger charge is 2.52. The predicted octanol–water partition coefficient (Wildman–Crippen LogP) is 9.71. The van der Waals surface area contributed by atoms with Gasteiger partial charge in [-0.25, -0.2) is 0 Å². The minimum absolute atomic E-state index is 0.0358. The van der Waals surface area contributed by atoms with Crippen molar-refractivity contribution >= 4 is 0 Å². The first-order chi connectivity index (χ1) is 15.7. The first kappa shape index (κ1) is 24.6. The lowest BCUT2D eigenvalue weighted by molar-refractivity contribution is -0.0718.